The normalized spacial score (nSPS) is 17.7. The van der Waals surface area contributed by atoms with E-state index in [1.165, 1.54) is 12.0 Å². The molecule has 2 aliphatic heterocycles. The maximum atomic E-state index is 12.4. The van der Waals surface area contributed by atoms with Crippen LogP contribution in [0.2, 0.25) is 0 Å². The number of likely N-dealkylation sites (tertiary alicyclic amines) is 1. The maximum Gasteiger partial charge on any atom is 0.325 e. The van der Waals surface area contributed by atoms with Gasteiger partial charge in [0.15, 0.2) is 0 Å². The minimum absolute atomic E-state index is 0.0767. The van der Waals surface area contributed by atoms with E-state index in [1.54, 1.807) is 0 Å². The van der Waals surface area contributed by atoms with Gasteiger partial charge in [0, 0.05) is 49.3 Å². The molecule has 0 spiro atoms. The summed E-state index contributed by atoms with van der Waals surface area (Å²) < 4.78 is 6.09. The van der Waals surface area contributed by atoms with Crippen LogP contribution >= 0.6 is 0 Å². The number of nitrogens with two attached hydrogens (primary N) is 1. The molecule has 39 heavy (non-hydrogen) atoms. The molecule has 0 amide bonds. The number of nitrogens with zero attached hydrogens (tertiary/aromatic N) is 3. The zero-order chi connectivity index (χ0) is 27.8. The first-order valence-electron chi connectivity index (χ1n) is 14.5. The molecule has 8 nitrogen and oxygen atoms in total. The van der Waals surface area contributed by atoms with Gasteiger partial charge in [-0.1, -0.05) is 30.7 Å². The van der Waals surface area contributed by atoms with Crippen molar-refractivity contribution < 1.29 is 14.6 Å². The van der Waals surface area contributed by atoms with Crippen LogP contribution in [0, 0.1) is 6.92 Å². The summed E-state index contributed by atoms with van der Waals surface area (Å²) in [6.45, 7) is 9.57. The van der Waals surface area contributed by atoms with E-state index in [4.69, 9.17) is 20.4 Å². The van der Waals surface area contributed by atoms with Gasteiger partial charge in [-0.2, -0.15) is 0 Å². The SMILES string of the molecule is CC(=NC(C)CCN)c1c(C)cccc1C(C(=O)O)N1CC(OCCCCCc2ccc3c(n2)NCCC3)C1. The molecule has 1 saturated heterocycles. The van der Waals surface area contributed by atoms with Crippen LogP contribution in [0.25, 0.3) is 0 Å². The smallest absolute Gasteiger partial charge is 0.325 e. The minimum atomic E-state index is -0.839. The van der Waals surface area contributed by atoms with Crippen LogP contribution in [0.1, 0.15) is 79.9 Å². The molecular weight excluding hydrogens is 490 g/mol. The third-order valence-corrected chi connectivity index (χ3v) is 7.82. The number of carboxylic acids is 1. The molecule has 0 radical (unpaired) electrons. The molecule has 0 bridgehead atoms. The fourth-order valence-corrected chi connectivity index (χ4v) is 5.73. The highest BCUT2D eigenvalue weighted by Crippen LogP contribution is 2.32. The highest BCUT2D eigenvalue weighted by atomic mass is 16.5. The topological polar surface area (TPSA) is 113 Å². The van der Waals surface area contributed by atoms with Crippen molar-refractivity contribution in [2.24, 2.45) is 10.7 Å². The number of pyridine rings is 1. The lowest BCUT2D eigenvalue weighted by Gasteiger charge is -2.43. The molecule has 2 atom stereocenters. The molecular formula is C31H45N5O3. The lowest BCUT2D eigenvalue weighted by atomic mass is 9.90. The third-order valence-electron chi connectivity index (χ3n) is 7.82. The van der Waals surface area contributed by atoms with Crippen molar-refractivity contribution in [1.29, 1.82) is 0 Å². The van der Waals surface area contributed by atoms with Crippen molar-refractivity contribution in [3.05, 3.63) is 58.3 Å². The van der Waals surface area contributed by atoms with E-state index in [0.717, 1.165) is 79.0 Å². The number of hydrogen-bond acceptors (Lipinski definition) is 7. The molecule has 4 N–H and O–H groups in total. The van der Waals surface area contributed by atoms with Gasteiger partial charge in [-0.15, -0.1) is 0 Å². The summed E-state index contributed by atoms with van der Waals surface area (Å²) in [5.41, 5.74) is 11.8. The van der Waals surface area contributed by atoms with Gasteiger partial charge in [0.05, 0.1) is 6.10 Å². The number of nitrogens with one attached hydrogen (secondary N) is 1. The van der Waals surface area contributed by atoms with E-state index in [-0.39, 0.29) is 12.1 Å². The third kappa shape index (κ3) is 7.65. The molecule has 1 aromatic heterocycles. The number of hydrogen-bond donors (Lipinski definition) is 3. The van der Waals surface area contributed by atoms with Crippen molar-refractivity contribution in [2.75, 3.05) is 38.1 Å². The number of carboxylic acid groups (broad SMARTS) is 1. The van der Waals surface area contributed by atoms with Crippen LogP contribution in [0.4, 0.5) is 5.82 Å². The minimum Gasteiger partial charge on any atom is -0.480 e. The number of rotatable bonds is 14. The molecule has 4 rings (SSSR count). The van der Waals surface area contributed by atoms with Crippen molar-refractivity contribution >= 4 is 17.5 Å². The number of aryl methyl sites for hydroxylation is 3. The fraction of sp³-hybridized carbons (Fsp3) is 0.581. The average Bonchev–Trinajstić information content (AvgIpc) is 2.88. The van der Waals surface area contributed by atoms with Crippen molar-refractivity contribution in [3.8, 4) is 0 Å². The van der Waals surface area contributed by atoms with Gasteiger partial charge in [-0.25, -0.2) is 4.98 Å². The number of unbranched alkanes of at least 4 members (excludes halogenated alkanes) is 2. The van der Waals surface area contributed by atoms with Gasteiger partial charge >= 0.3 is 5.97 Å². The Hall–Kier alpha value is -2.81. The summed E-state index contributed by atoms with van der Waals surface area (Å²) in [5, 5.41) is 13.6. The molecule has 212 valence electrons. The first-order valence-corrected chi connectivity index (χ1v) is 14.5. The Morgan fingerprint density at radius 3 is 2.85 bits per heavy atom. The monoisotopic (exact) mass is 535 g/mol. The van der Waals surface area contributed by atoms with Gasteiger partial charge in [-0.05, 0) is 88.6 Å². The van der Waals surface area contributed by atoms with Crippen LogP contribution in [0.5, 0.6) is 0 Å². The van der Waals surface area contributed by atoms with E-state index in [2.05, 4.69) is 17.4 Å². The largest absolute Gasteiger partial charge is 0.480 e. The van der Waals surface area contributed by atoms with E-state index < -0.39 is 12.0 Å². The Morgan fingerprint density at radius 1 is 1.26 bits per heavy atom. The molecule has 3 heterocycles. The zero-order valence-electron chi connectivity index (χ0n) is 23.8. The maximum absolute atomic E-state index is 12.4. The number of ether oxygens (including phenoxy) is 1. The van der Waals surface area contributed by atoms with E-state index in [0.29, 0.717) is 26.2 Å². The molecule has 8 heteroatoms. The molecule has 2 aliphatic rings. The van der Waals surface area contributed by atoms with E-state index >= 15 is 0 Å². The van der Waals surface area contributed by atoms with Gasteiger partial charge in [0.1, 0.15) is 11.9 Å². The van der Waals surface area contributed by atoms with E-state index in [1.807, 2.05) is 43.9 Å². The summed E-state index contributed by atoms with van der Waals surface area (Å²) in [6, 6.07) is 9.64. The summed E-state index contributed by atoms with van der Waals surface area (Å²) in [4.78, 5) is 24.0. The summed E-state index contributed by atoms with van der Waals surface area (Å²) in [7, 11) is 0. The molecule has 1 fully saturated rings. The molecule has 0 saturated carbocycles. The van der Waals surface area contributed by atoms with Gasteiger partial charge in [0.25, 0.3) is 0 Å². The standard InChI is InChI=1S/C31H45N5O3/c1-21-9-7-12-27(28(21)23(3)34-22(2)15-16-32)29(31(37)38)36-19-26(20-36)39-18-6-4-5-11-25-14-13-24-10-8-17-33-30(24)35-25/h7,9,12-14,22,26,29H,4-6,8,10-11,15-20,32H2,1-3H3,(H,33,35)(H,37,38). The first kappa shape index (κ1) is 29.2. The Balaban J connectivity index is 1.24. The van der Waals surface area contributed by atoms with Crippen LogP contribution in [0.15, 0.2) is 35.3 Å². The second kappa shape index (κ2) is 14.0. The number of aliphatic carboxylic acids is 1. The van der Waals surface area contributed by atoms with Gasteiger partial charge in [0.2, 0.25) is 0 Å². The lowest BCUT2D eigenvalue weighted by Crippen LogP contribution is -2.55. The van der Waals surface area contributed by atoms with Crippen molar-refractivity contribution in [2.45, 2.75) is 83.9 Å². The Morgan fingerprint density at radius 2 is 2.08 bits per heavy atom. The number of fused-ring (bicyclic) bond motifs is 1. The highest BCUT2D eigenvalue weighted by Gasteiger charge is 2.39. The molecule has 0 aliphatic carbocycles. The number of carbonyl (C=O) groups is 1. The Kier molecular flexibility index (Phi) is 10.5. The van der Waals surface area contributed by atoms with Gasteiger partial charge in [-0.3, -0.25) is 14.7 Å². The number of aromatic nitrogens is 1. The Labute approximate surface area is 233 Å². The second-order valence-corrected chi connectivity index (χ2v) is 11.0. The predicted octanol–water partition coefficient (Wildman–Crippen LogP) is 4.53. The Bertz CT molecular complexity index is 1150. The number of benzene rings is 1. The fourth-order valence-electron chi connectivity index (χ4n) is 5.73. The quantitative estimate of drug-likeness (QED) is 0.241. The average molecular weight is 536 g/mol. The number of anilines is 1. The summed E-state index contributed by atoms with van der Waals surface area (Å²) >= 11 is 0. The van der Waals surface area contributed by atoms with Crippen molar-refractivity contribution in [1.82, 2.24) is 9.88 Å². The molecule has 1 aromatic carbocycles. The highest BCUT2D eigenvalue weighted by molar-refractivity contribution is 6.02. The predicted molar refractivity (Wildman–Crippen MR) is 157 cm³/mol. The van der Waals surface area contributed by atoms with Crippen molar-refractivity contribution in [3.63, 3.8) is 0 Å². The molecule has 2 aromatic rings. The second-order valence-electron chi connectivity index (χ2n) is 11.0. The van der Waals surface area contributed by atoms with Crippen LogP contribution in [0.3, 0.4) is 0 Å². The van der Waals surface area contributed by atoms with Crippen LogP contribution in [-0.4, -0.2) is 71.6 Å². The van der Waals surface area contributed by atoms with Crippen LogP contribution < -0.4 is 11.1 Å². The van der Waals surface area contributed by atoms with Crippen LogP contribution in [-0.2, 0) is 22.4 Å². The zero-order valence-corrected chi connectivity index (χ0v) is 23.8. The first-order chi connectivity index (χ1) is 18.9. The van der Waals surface area contributed by atoms with E-state index in [9.17, 15) is 9.90 Å². The number of aliphatic imine (C=N–C) groups is 1. The summed E-state index contributed by atoms with van der Waals surface area (Å²) in [6.07, 6.45) is 7.34. The summed E-state index contributed by atoms with van der Waals surface area (Å²) in [5.74, 6) is 0.228. The van der Waals surface area contributed by atoms with Gasteiger partial charge < -0.3 is 20.9 Å². The molecule has 2 unspecified atom stereocenters. The lowest BCUT2D eigenvalue weighted by molar-refractivity contribution is -0.150.